The first kappa shape index (κ1) is 23.0. The first-order chi connectivity index (χ1) is 17.7. The molecule has 10 heteroatoms. The lowest BCUT2D eigenvalue weighted by molar-refractivity contribution is 0.0797. The Morgan fingerprint density at radius 2 is 1.89 bits per heavy atom. The minimum absolute atomic E-state index is 0.218. The van der Waals surface area contributed by atoms with Crippen LogP contribution in [0.1, 0.15) is 5.56 Å². The van der Waals surface area contributed by atoms with Gasteiger partial charge in [-0.1, -0.05) is 30.3 Å². The number of aromatic nitrogens is 4. The van der Waals surface area contributed by atoms with Gasteiger partial charge in [-0.2, -0.15) is 0 Å². The largest absolute Gasteiger partial charge is 0.497 e. The van der Waals surface area contributed by atoms with E-state index in [1.807, 2.05) is 42.5 Å². The highest BCUT2D eigenvalue weighted by Gasteiger charge is 2.21. The van der Waals surface area contributed by atoms with Gasteiger partial charge in [0.2, 0.25) is 12.7 Å². The van der Waals surface area contributed by atoms with Crippen molar-refractivity contribution >= 4 is 17.5 Å². The summed E-state index contributed by atoms with van der Waals surface area (Å²) in [5.74, 6) is 3.82. The van der Waals surface area contributed by atoms with Crippen molar-refractivity contribution in [3.05, 3.63) is 84.4 Å². The SMILES string of the molecule is COc1ccc(Nc2nnc(-c3cccnc3N(CC3=COCO3)Cc3ccccc3)[nH]2)c(OC)c1. The van der Waals surface area contributed by atoms with E-state index in [0.717, 1.165) is 28.4 Å². The van der Waals surface area contributed by atoms with Crippen molar-refractivity contribution in [3.63, 3.8) is 0 Å². The summed E-state index contributed by atoms with van der Waals surface area (Å²) in [5, 5.41) is 11.9. The van der Waals surface area contributed by atoms with Crippen LogP contribution in [-0.4, -0.2) is 47.7 Å². The fourth-order valence-electron chi connectivity index (χ4n) is 3.85. The third-order valence-electron chi connectivity index (χ3n) is 5.58. The van der Waals surface area contributed by atoms with Crippen LogP contribution in [0.15, 0.2) is 78.9 Å². The molecule has 5 rings (SSSR count). The van der Waals surface area contributed by atoms with E-state index in [2.05, 4.69) is 37.5 Å². The molecule has 0 fully saturated rings. The number of hydrogen-bond acceptors (Lipinski definition) is 9. The van der Waals surface area contributed by atoms with E-state index in [1.54, 1.807) is 32.7 Å². The molecule has 2 N–H and O–H groups in total. The fourth-order valence-corrected chi connectivity index (χ4v) is 3.85. The zero-order valence-corrected chi connectivity index (χ0v) is 20.0. The summed E-state index contributed by atoms with van der Waals surface area (Å²) in [6.45, 7) is 1.32. The van der Waals surface area contributed by atoms with Gasteiger partial charge in [0.15, 0.2) is 11.6 Å². The molecule has 0 bridgehead atoms. The molecule has 0 spiro atoms. The lowest BCUT2D eigenvalue weighted by Gasteiger charge is -2.25. The molecule has 0 unspecified atom stereocenters. The Balaban J connectivity index is 1.44. The van der Waals surface area contributed by atoms with Crippen LogP contribution in [0.25, 0.3) is 11.4 Å². The topological polar surface area (TPSA) is 107 Å². The molecule has 0 amide bonds. The number of ether oxygens (including phenoxy) is 4. The van der Waals surface area contributed by atoms with Crippen LogP contribution in [0.3, 0.4) is 0 Å². The maximum Gasteiger partial charge on any atom is 0.229 e. The number of pyridine rings is 1. The van der Waals surface area contributed by atoms with Gasteiger partial charge >= 0.3 is 0 Å². The Hall–Kier alpha value is -4.73. The number of aromatic amines is 1. The first-order valence-electron chi connectivity index (χ1n) is 11.3. The fraction of sp³-hybridized carbons (Fsp3) is 0.192. The van der Waals surface area contributed by atoms with Gasteiger partial charge in [-0.15, -0.1) is 10.2 Å². The van der Waals surface area contributed by atoms with E-state index in [4.69, 9.17) is 23.9 Å². The number of hydrogen-bond donors (Lipinski definition) is 2. The smallest absolute Gasteiger partial charge is 0.229 e. The van der Waals surface area contributed by atoms with Crippen molar-refractivity contribution in [1.29, 1.82) is 0 Å². The van der Waals surface area contributed by atoms with Gasteiger partial charge in [0.25, 0.3) is 0 Å². The lowest BCUT2D eigenvalue weighted by Crippen LogP contribution is -2.27. The number of H-pyrrole nitrogens is 1. The number of methoxy groups -OCH3 is 2. The second kappa shape index (κ2) is 10.7. The molecule has 10 nitrogen and oxygen atoms in total. The molecule has 1 aliphatic rings. The van der Waals surface area contributed by atoms with E-state index in [-0.39, 0.29) is 6.79 Å². The Morgan fingerprint density at radius 3 is 2.67 bits per heavy atom. The Morgan fingerprint density at radius 1 is 1.00 bits per heavy atom. The van der Waals surface area contributed by atoms with Crippen molar-refractivity contribution in [2.75, 3.05) is 37.8 Å². The molecule has 0 saturated carbocycles. The van der Waals surface area contributed by atoms with Crippen LogP contribution in [0.2, 0.25) is 0 Å². The van der Waals surface area contributed by atoms with Gasteiger partial charge in [0.05, 0.1) is 32.0 Å². The predicted octanol–water partition coefficient (Wildman–Crippen LogP) is 4.48. The zero-order valence-electron chi connectivity index (χ0n) is 20.0. The van der Waals surface area contributed by atoms with Gasteiger partial charge in [-0.25, -0.2) is 4.98 Å². The maximum atomic E-state index is 5.60. The van der Waals surface area contributed by atoms with E-state index in [9.17, 15) is 0 Å². The minimum atomic E-state index is 0.218. The highest BCUT2D eigenvalue weighted by atomic mass is 16.7. The predicted molar refractivity (Wildman–Crippen MR) is 135 cm³/mol. The van der Waals surface area contributed by atoms with Crippen molar-refractivity contribution in [1.82, 2.24) is 20.2 Å². The van der Waals surface area contributed by atoms with Gasteiger partial charge < -0.3 is 34.1 Å². The van der Waals surface area contributed by atoms with E-state index < -0.39 is 0 Å². The average molecular weight is 487 g/mol. The quantitative estimate of drug-likeness (QED) is 0.335. The number of anilines is 3. The average Bonchev–Trinajstić information content (AvgIpc) is 3.61. The molecular weight excluding hydrogens is 460 g/mol. The van der Waals surface area contributed by atoms with Crippen molar-refractivity contribution < 1.29 is 18.9 Å². The molecule has 1 aliphatic heterocycles. The molecular formula is C26H26N6O4. The standard InChI is InChI=1S/C26H26N6O4/c1-33-19-10-11-22(23(13-19)34-2)28-26-29-24(30-31-26)21-9-6-12-27-25(21)32(15-20-16-35-17-36-20)14-18-7-4-3-5-8-18/h3-13,16H,14-15,17H2,1-2H3,(H2,28,29,30,31). The number of nitrogens with zero attached hydrogens (tertiary/aromatic N) is 4. The van der Waals surface area contributed by atoms with E-state index in [0.29, 0.717) is 36.4 Å². The molecule has 0 saturated heterocycles. The highest BCUT2D eigenvalue weighted by molar-refractivity contribution is 5.72. The molecule has 0 atom stereocenters. The number of rotatable bonds is 10. The molecule has 184 valence electrons. The summed E-state index contributed by atoms with van der Waals surface area (Å²) in [6.07, 6.45) is 3.40. The van der Waals surface area contributed by atoms with Crippen LogP contribution in [-0.2, 0) is 16.0 Å². The third kappa shape index (κ3) is 5.17. The Bertz CT molecular complexity index is 1340. The van der Waals surface area contributed by atoms with Crippen molar-refractivity contribution in [2.24, 2.45) is 0 Å². The van der Waals surface area contributed by atoms with Crippen LogP contribution in [0, 0.1) is 0 Å². The normalized spacial score (nSPS) is 12.3. The Labute approximate surface area is 208 Å². The summed E-state index contributed by atoms with van der Waals surface area (Å²) in [6, 6.07) is 19.5. The molecule has 2 aromatic carbocycles. The van der Waals surface area contributed by atoms with Crippen LogP contribution >= 0.6 is 0 Å². The minimum Gasteiger partial charge on any atom is -0.497 e. The second-order valence-corrected chi connectivity index (χ2v) is 7.94. The summed E-state index contributed by atoms with van der Waals surface area (Å²) >= 11 is 0. The highest BCUT2D eigenvalue weighted by Crippen LogP contribution is 2.32. The lowest BCUT2D eigenvalue weighted by atomic mass is 10.1. The van der Waals surface area contributed by atoms with E-state index in [1.165, 1.54) is 0 Å². The number of nitrogens with one attached hydrogen (secondary N) is 2. The van der Waals surface area contributed by atoms with Crippen molar-refractivity contribution in [2.45, 2.75) is 6.54 Å². The third-order valence-corrected chi connectivity index (χ3v) is 5.58. The molecule has 36 heavy (non-hydrogen) atoms. The second-order valence-electron chi connectivity index (χ2n) is 7.94. The van der Waals surface area contributed by atoms with Gasteiger partial charge in [0, 0.05) is 18.8 Å². The molecule has 4 aromatic rings. The van der Waals surface area contributed by atoms with Crippen molar-refractivity contribution in [3.8, 4) is 22.9 Å². The monoisotopic (exact) mass is 486 g/mol. The van der Waals surface area contributed by atoms with Crippen LogP contribution in [0.5, 0.6) is 11.5 Å². The van der Waals surface area contributed by atoms with Crippen LogP contribution < -0.4 is 19.7 Å². The summed E-state index contributed by atoms with van der Waals surface area (Å²) < 4.78 is 21.6. The summed E-state index contributed by atoms with van der Waals surface area (Å²) in [4.78, 5) is 10.1. The van der Waals surface area contributed by atoms with Gasteiger partial charge in [-0.3, -0.25) is 0 Å². The summed E-state index contributed by atoms with van der Waals surface area (Å²) in [7, 11) is 3.21. The first-order valence-corrected chi connectivity index (χ1v) is 11.3. The Kier molecular flexibility index (Phi) is 6.83. The molecule has 0 aliphatic carbocycles. The van der Waals surface area contributed by atoms with E-state index >= 15 is 0 Å². The van der Waals surface area contributed by atoms with Gasteiger partial charge in [-0.05, 0) is 29.8 Å². The van der Waals surface area contributed by atoms with Crippen LogP contribution in [0.4, 0.5) is 17.5 Å². The van der Waals surface area contributed by atoms with Gasteiger partial charge in [0.1, 0.15) is 23.6 Å². The zero-order chi connectivity index (χ0) is 24.7. The number of benzene rings is 2. The molecule has 3 heterocycles. The maximum absolute atomic E-state index is 5.60. The molecule has 2 aromatic heterocycles. The molecule has 0 radical (unpaired) electrons. The summed E-state index contributed by atoms with van der Waals surface area (Å²) in [5.41, 5.74) is 2.67.